The summed E-state index contributed by atoms with van der Waals surface area (Å²) in [6.45, 7) is 4.11. The maximum Gasteiger partial charge on any atom is 0.278 e. The molecular weight excluding hydrogens is 446 g/mol. The monoisotopic (exact) mass is 473 g/mol. The van der Waals surface area contributed by atoms with Crippen molar-refractivity contribution in [2.75, 3.05) is 5.32 Å². The van der Waals surface area contributed by atoms with Gasteiger partial charge in [-0.1, -0.05) is 12.1 Å². The van der Waals surface area contributed by atoms with Gasteiger partial charge in [-0.3, -0.25) is 9.48 Å². The van der Waals surface area contributed by atoms with Gasteiger partial charge >= 0.3 is 0 Å². The van der Waals surface area contributed by atoms with Crippen LogP contribution in [0.25, 0.3) is 16.9 Å². The van der Waals surface area contributed by atoms with Crippen LogP contribution in [0.15, 0.2) is 54.2 Å². The molecule has 35 heavy (non-hydrogen) atoms. The minimum atomic E-state index is -0.212. The number of aryl methyl sites for hydroxylation is 1. The first-order chi connectivity index (χ1) is 17.1. The van der Waals surface area contributed by atoms with Crippen LogP contribution in [0.2, 0.25) is 0 Å². The van der Waals surface area contributed by atoms with E-state index in [4.69, 9.17) is 9.72 Å². The summed E-state index contributed by atoms with van der Waals surface area (Å²) in [5.41, 5.74) is 0.981. The second kappa shape index (κ2) is 8.66. The Morgan fingerprint density at radius 1 is 1.23 bits per heavy atom. The first-order valence-electron chi connectivity index (χ1n) is 11.8. The van der Waals surface area contributed by atoms with E-state index in [0.717, 1.165) is 18.5 Å². The Balaban J connectivity index is 1.38. The molecule has 2 bridgehead atoms. The molecule has 4 aromatic rings. The molecule has 2 aliphatic rings. The van der Waals surface area contributed by atoms with E-state index in [0.29, 0.717) is 47.3 Å². The first-order valence-corrected chi connectivity index (χ1v) is 11.8. The number of pyridine rings is 1. The van der Waals surface area contributed by atoms with E-state index in [9.17, 15) is 4.79 Å². The third-order valence-corrected chi connectivity index (χ3v) is 6.58. The fourth-order valence-electron chi connectivity index (χ4n) is 5.08. The maximum atomic E-state index is 13.2. The van der Waals surface area contributed by atoms with Crippen LogP contribution in [0, 0.1) is 0 Å². The summed E-state index contributed by atoms with van der Waals surface area (Å²) >= 11 is 0. The normalized spacial score (nSPS) is 21.3. The van der Waals surface area contributed by atoms with Gasteiger partial charge < -0.3 is 15.4 Å². The van der Waals surface area contributed by atoms with Gasteiger partial charge in [0.15, 0.2) is 11.5 Å². The Morgan fingerprint density at radius 2 is 2.06 bits per heavy atom. The summed E-state index contributed by atoms with van der Waals surface area (Å²) in [4.78, 5) is 26.9. The molecule has 2 N–H and O–H groups in total. The molecule has 11 nitrogen and oxygen atoms in total. The highest BCUT2D eigenvalue weighted by atomic mass is 16.5. The number of piperidine rings is 1. The Morgan fingerprint density at radius 3 is 2.80 bits per heavy atom. The number of anilines is 2. The summed E-state index contributed by atoms with van der Waals surface area (Å²) in [7, 11) is 1.83. The van der Waals surface area contributed by atoms with Crippen molar-refractivity contribution in [2.24, 2.45) is 7.05 Å². The molecule has 2 fully saturated rings. The van der Waals surface area contributed by atoms with Crippen molar-refractivity contribution in [3.05, 3.63) is 59.8 Å². The third kappa shape index (κ3) is 4.08. The number of nitrogens with one attached hydrogen (secondary N) is 2. The minimum absolute atomic E-state index is 0.130. The molecule has 2 atom stereocenters. The van der Waals surface area contributed by atoms with Crippen LogP contribution >= 0.6 is 0 Å². The van der Waals surface area contributed by atoms with Crippen LogP contribution in [0.3, 0.4) is 0 Å². The number of hydrogen-bond acceptors (Lipinski definition) is 8. The summed E-state index contributed by atoms with van der Waals surface area (Å²) in [6, 6.07) is 6.64. The van der Waals surface area contributed by atoms with Gasteiger partial charge in [-0.15, -0.1) is 6.58 Å². The van der Waals surface area contributed by atoms with Crippen LogP contribution in [-0.4, -0.2) is 52.3 Å². The first kappa shape index (κ1) is 21.5. The summed E-state index contributed by atoms with van der Waals surface area (Å²) in [5, 5.41) is 11.3. The van der Waals surface area contributed by atoms with Crippen LogP contribution in [0.5, 0.6) is 5.88 Å². The quantitative estimate of drug-likeness (QED) is 0.393. The fourth-order valence-corrected chi connectivity index (χ4v) is 5.08. The van der Waals surface area contributed by atoms with E-state index in [-0.39, 0.29) is 11.7 Å². The van der Waals surface area contributed by atoms with E-state index in [1.165, 1.54) is 19.0 Å². The summed E-state index contributed by atoms with van der Waals surface area (Å²) < 4.78 is 11.2. The summed E-state index contributed by atoms with van der Waals surface area (Å²) in [6.07, 6.45) is 11.2. The molecule has 6 rings (SSSR count). The maximum absolute atomic E-state index is 13.2. The van der Waals surface area contributed by atoms with Crippen molar-refractivity contribution in [2.45, 2.75) is 50.4 Å². The molecule has 4 aromatic heterocycles. The molecule has 2 saturated heterocycles. The predicted octanol–water partition coefficient (Wildman–Crippen LogP) is 2.30. The highest BCUT2D eigenvalue weighted by molar-refractivity contribution is 5.77. The number of rotatable bonds is 7. The number of allylic oxidation sites excluding steroid dienone is 1. The number of hydrogen-bond donors (Lipinski definition) is 2. The van der Waals surface area contributed by atoms with Crippen LogP contribution in [0.1, 0.15) is 25.7 Å². The fraction of sp³-hybridized carbons (Fsp3) is 0.375. The second-order valence-electron chi connectivity index (χ2n) is 9.13. The molecule has 2 aliphatic heterocycles. The Kier molecular flexibility index (Phi) is 5.33. The molecule has 0 radical (unpaired) electrons. The topological polar surface area (TPSA) is 117 Å². The van der Waals surface area contributed by atoms with Crippen molar-refractivity contribution >= 4 is 22.7 Å². The molecule has 0 saturated carbocycles. The van der Waals surface area contributed by atoms with Gasteiger partial charge in [0.1, 0.15) is 11.5 Å². The average Bonchev–Trinajstić information content (AvgIpc) is 3.49. The minimum Gasteiger partial charge on any atom is -0.474 e. The molecule has 0 amide bonds. The van der Waals surface area contributed by atoms with Crippen LogP contribution in [-0.2, 0) is 13.6 Å². The van der Waals surface area contributed by atoms with Gasteiger partial charge in [-0.05, 0) is 31.7 Å². The molecular formula is C24H27N9O2. The smallest absolute Gasteiger partial charge is 0.278 e. The number of fused-ring (bicyclic) bond motifs is 3. The third-order valence-electron chi connectivity index (χ3n) is 6.58. The van der Waals surface area contributed by atoms with E-state index in [1.54, 1.807) is 26.3 Å². The molecule has 0 aliphatic carbocycles. The largest absolute Gasteiger partial charge is 0.474 e. The number of nitrogens with zero attached hydrogens (tertiary/aromatic N) is 7. The van der Waals surface area contributed by atoms with Crippen LogP contribution < -0.4 is 20.9 Å². The molecule has 6 heterocycles. The zero-order chi connectivity index (χ0) is 23.9. The zero-order valence-corrected chi connectivity index (χ0v) is 19.5. The van der Waals surface area contributed by atoms with E-state index >= 15 is 0 Å². The number of aromatic nitrogens is 7. The van der Waals surface area contributed by atoms with Gasteiger partial charge in [-0.2, -0.15) is 15.1 Å². The molecule has 0 spiro atoms. The Labute approximate surface area is 201 Å². The van der Waals surface area contributed by atoms with Crippen molar-refractivity contribution < 1.29 is 4.74 Å². The standard InChI is InChI=1S/C24H27N9O2/c1-3-9-32-23(34)19-13-25-24(28-17-12-26-31(2)14-17)30-22(19)33(32)20-5-4-6-21(29-20)35-18-10-15-7-8-16(11-18)27-15/h3-6,12-16,18,27H,1,7-11H2,2H3,(H,25,28,30). The van der Waals surface area contributed by atoms with Gasteiger partial charge in [0.2, 0.25) is 11.8 Å². The zero-order valence-electron chi connectivity index (χ0n) is 19.5. The van der Waals surface area contributed by atoms with Gasteiger partial charge in [0.05, 0.1) is 18.4 Å². The molecule has 2 unspecified atom stereocenters. The van der Waals surface area contributed by atoms with Gasteiger partial charge in [0, 0.05) is 37.6 Å². The average molecular weight is 474 g/mol. The van der Waals surface area contributed by atoms with Crippen molar-refractivity contribution in [3.8, 4) is 11.7 Å². The lowest BCUT2D eigenvalue weighted by Crippen LogP contribution is -2.42. The van der Waals surface area contributed by atoms with Crippen LogP contribution in [0.4, 0.5) is 11.6 Å². The van der Waals surface area contributed by atoms with E-state index < -0.39 is 0 Å². The molecule has 11 heteroatoms. The SMILES string of the molecule is C=CCn1c(=O)c2cnc(Nc3cnn(C)c3)nc2n1-c1cccc(OC2CC3CCC(C2)N3)n1. The van der Waals surface area contributed by atoms with E-state index in [1.807, 2.05) is 31.4 Å². The lowest BCUT2D eigenvalue weighted by molar-refractivity contribution is 0.131. The Bertz CT molecular complexity index is 1440. The number of ether oxygens (including phenoxy) is 1. The van der Waals surface area contributed by atoms with Gasteiger partial charge in [-0.25, -0.2) is 14.3 Å². The van der Waals surface area contributed by atoms with Crippen molar-refractivity contribution in [3.63, 3.8) is 0 Å². The van der Waals surface area contributed by atoms with Crippen molar-refractivity contribution in [1.82, 2.24) is 39.4 Å². The lowest BCUT2D eigenvalue weighted by Gasteiger charge is -2.29. The van der Waals surface area contributed by atoms with Gasteiger partial charge in [0.25, 0.3) is 5.56 Å². The lowest BCUT2D eigenvalue weighted by atomic mass is 10.0. The highest BCUT2D eigenvalue weighted by Crippen LogP contribution is 2.29. The molecule has 180 valence electrons. The van der Waals surface area contributed by atoms with Crippen molar-refractivity contribution in [1.29, 1.82) is 0 Å². The predicted molar refractivity (Wildman–Crippen MR) is 131 cm³/mol. The Hall–Kier alpha value is -3.99. The second-order valence-corrected chi connectivity index (χ2v) is 9.13. The summed E-state index contributed by atoms with van der Waals surface area (Å²) in [5.74, 6) is 1.43. The highest BCUT2D eigenvalue weighted by Gasteiger charge is 2.34. The van der Waals surface area contributed by atoms with E-state index in [2.05, 4.69) is 32.3 Å². The molecule has 0 aromatic carbocycles.